The molecule has 60 valence electrons. The van der Waals surface area contributed by atoms with E-state index in [0.717, 1.165) is 17.9 Å². The van der Waals surface area contributed by atoms with E-state index < -0.39 is 9.05 Å². The summed E-state index contributed by atoms with van der Waals surface area (Å²) in [6, 6.07) is 0. The first-order chi connectivity index (χ1) is 4.58. The maximum absolute atomic E-state index is 10.4. The molecule has 5 heteroatoms. The molecule has 0 aromatic heterocycles. The van der Waals surface area contributed by atoms with Gasteiger partial charge in [0.15, 0.2) is 0 Å². The first-order valence-corrected chi connectivity index (χ1v) is 6.71. The lowest BCUT2D eigenvalue weighted by molar-refractivity contribution is 0.581. The van der Waals surface area contributed by atoms with Crippen LogP contribution >= 0.6 is 22.4 Å². The van der Waals surface area contributed by atoms with Gasteiger partial charge in [-0.3, -0.25) is 0 Å². The Labute approximate surface area is 69.7 Å². The summed E-state index contributed by atoms with van der Waals surface area (Å²) >= 11 is 1.86. The number of hydrogen-bond donors (Lipinski definition) is 0. The van der Waals surface area contributed by atoms with Crippen LogP contribution in [0.2, 0.25) is 0 Å². The maximum atomic E-state index is 10.4. The van der Waals surface area contributed by atoms with E-state index in [0.29, 0.717) is 5.92 Å². The normalized spacial score (nSPS) is 20.5. The van der Waals surface area contributed by atoms with Crippen molar-refractivity contribution in [2.24, 2.45) is 5.92 Å². The number of hydrogen-bond acceptors (Lipinski definition) is 3. The Bertz CT molecular complexity index is 196. The van der Waals surface area contributed by atoms with Gasteiger partial charge >= 0.3 is 0 Å². The van der Waals surface area contributed by atoms with Crippen LogP contribution in [-0.2, 0) is 9.05 Å². The van der Waals surface area contributed by atoms with Gasteiger partial charge in [0.2, 0.25) is 9.05 Å². The highest BCUT2D eigenvalue weighted by Crippen LogP contribution is 2.27. The predicted molar refractivity (Wildman–Crippen MR) is 45.1 cm³/mol. The summed E-state index contributed by atoms with van der Waals surface area (Å²) < 4.78 is 20.9. The average Bonchev–Trinajstić information content (AvgIpc) is 1.56. The molecule has 0 N–H and O–H groups in total. The Balaban J connectivity index is 2.16. The van der Waals surface area contributed by atoms with Gasteiger partial charge in [-0.1, -0.05) is 0 Å². The molecular weight excluding hydrogens is 192 g/mol. The molecule has 2 nitrogen and oxygen atoms in total. The monoisotopic (exact) mass is 200 g/mol. The van der Waals surface area contributed by atoms with E-state index in [1.165, 1.54) is 0 Å². The molecule has 1 heterocycles. The molecular formula is C5H9ClO2S2. The number of halogens is 1. The maximum Gasteiger partial charge on any atom is 0.232 e. The van der Waals surface area contributed by atoms with Crippen molar-refractivity contribution in [3.05, 3.63) is 0 Å². The van der Waals surface area contributed by atoms with Crippen LogP contribution in [0.4, 0.5) is 0 Å². The second-order valence-electron chi connectivity index (χ2n) is 2.44. The van der Waals surface area contributed by atoms with Crippen molar-refractivity contribution >= 4 is 31.5 Å². The molecule has 0 saturated carbocycles. The molecule has 0 radical (unpaired) electrons. The van der Waals surface area contributed by atoms with Crippen molar-refractivity contribution in [1.29, 1.82) is 0 Å². The minimum absolute atomic E-state index is 0.139. The fraction of sp³-hybridized carbons (Fsp3) is 1.00. The van der Waals surface area contributed by atoms with Gasteiger partial charge in [0.1, 0.15) is 0 Å². The third-order valence-electron chi connectivity index (χ3n) is 1.48. The Hall–Kier alpha value is 0.590. The second kappa shape index (κ2) is 3.32. The van der Waals surface area contributed by atoms with Crippen molar-refractivity contribution in [3.8, 4) is 0 Å². The largest absolute Gasteiger partial charge is 0.232 e. The average molecular weight is 201 g/mol. The molecule has 1 aliphatic rings. The van der Waals surface area contributed by atoms with Crippen LogP contribution in [0.15, 0.2) is 0 Å². The lowest BCUT2D eigenvalue weighted by Gasteiger charge is -2.23. The molecule has 0 unspecified atom stereocenters. The van der Waals surface area contributed by atoms with E-state index >= 15 is 0 Å². The Kier molecular flexibility index (Phi) is 2.89. The summed E-state index contributed by atoms with van der Waals surface area (Å²) in [5.41, 5.74) is 0. The van der Waals surface area contributed by atoms with Crippen LogP contribution in [0, 0.1) is 5.92 Å². The third kappa shape index (κ3) is 3.12. The molecule has 0 bridgehead atoms. The molecule has 1 saturated heterocycles. The van der Waals surface area contributed by atoms with Crippen molar-refractivity contribution in [2.75, 3.05) is 17.3 Å². The van der Waals surface area contributed by atoms with Gasteiger partial charge in [-0.15, -0.1) is 0 Å². The summed E-state index contributed by atoms with van der Waals surface area (Å²) in [6.07, 6.45) is 0.735. The highest BCUT2D eigenvalue weighted by Gasteiger charge is 2.19. The lowest BCUT2D eigenvalue weighted by atomic mass is 10.1. The van der Waals surface area contributed by atoms with Gasteiger partial charge in [0, 0.05) is 10.7 Å². The summed E-state index contributed by atoms with van der Waals surface area (Å²) in [5, 5.41) is 0. The summed E-state index contributed by atoms with van der Waals surface area (Å²) in [4.78, 5) is 0. The molecule has 0 aromatic carbocycles. The molecule has 0 amide bonds. The van der Waals surface area contributed by atoms with E-state index in [1.54, 1.807) is 0 Å². The van der Waals surface area contributed by atoms with Gasteiger partial charge in [0.05, 0.1) is 5.75 Å². The quantitative estimate of drug-likeness (QED) is 0.645. The molecule has 10 heavy (non-hydrogen) atoms. The van der Waals surface area contributed by atoms with Crippen LogP contribution < -0.4 is 0 Å². The zero-order valence-corrected chi connectivity index (χ0v) is 7.81. The smallest absolute Gasteiger partial charge is 0.212 e. The fourth-order valence-corrected chi connectivity index (χ4v) is 2.54. The van der Waals surface area contributed by atoms with E-state index in [1.807, 2.05) is 11.8 Å². The van der Waals surface area contributed by atoms with E-state index in [9.17, 15) is 8.42 Å². The Morgan fingerprint density at radius 1 is 1.50 bits per heavy atom. The van der Waals surface area contributed by atoms with Gasteiger partial charge in [-0.25, -0.2) is 8.42 Å². The summed E-state index contributed by atoms with van der Waals surface area (Å²) in [7, 11) is 1.79. The van der Waals surface area contributed by atoms with Crippen LogP contribution in [0.1, 0.15) is 6.42 Å². The van der Waals surface area contributed by atoms with Crippen molar-refractivity contribution < 1.29 is 8.42 Å². The topological polar surface area (TPSA) is 34.1 Å². The van der Waals surface area contributed by atoms with Crippen molar-refractivity contribution in [2.45, 2.75) is 6.42 Å². The first-order valence-electron chi connectivity index (χ1n) is 3.08. The first kappa shape index (κ1) is 8.68. The number of thioether (sulfide) groups is 1. The molecule has 1 aliphatic heterocycles. The standard InChI is InChI=1S/C5H9ClO2S2/c6-10(7,8)2-1-5-3-9-4-5/h5H,1-4H2. The van der Waals surface area contributed by atoms with Gasteiger partial charge in [-0.2, -0.15) is 11.8 Å². The zero-order valence-electron chi connectivity index (χ0n) is 5.42. The lowest BCUT2D eigenvalue weighted by Crippen LogP contribution is -2.20. The molecule has 1 rings (SSSR count). The predicted octanol–water partition coefficient (Wildman–Crippen LogP) is 1.31. The van der Waals surface area contributed by atoms with E-state index in [4.69, 9.17) is 10.7 Å². The molecule has 0 atom stereocenters. The minimum atomic E-state index is -3.23. The minimum Gasteiger partial charge on any atom is -0.212 e. The zero-order chi connectivity index (χ0) is 7.61. The summed E-state index contributed by atoms with van der Waals surface area (Å²) in [5.74, 6) is 2.94. The van der Waals surface area contributed by atoms with Crippen LogP contribution in [0.25, 0.3) is 0 Å². The molecule has 0 spiro atoms. The fourth-order valence-electron chi connectivity index (χ4n) is 0.759. The van der Waals surface area contributed by atoms with Crippen molar-refractivity contribution in [3.63, 3.8) is 0 Å². The van der Waals surface area contributed by atoms with Gasteiger partial charge in [0.25, 0.3) is 0 Å². The van der Waals surface area contributed by atoms with E-state index in [2.05, 4.69) is 0 Å². The van der Waals surface area contributed by atoms with E-state index in [-0.39, 0.29) is 5.75 Å². The van der Waals surface area contributed by atoms with Crippen LogP contribution in [0.3, 0.4) is 0 Å². The van der Waals surface area contributed by atoms with Crippen LogP contribution in [-0.4, -0.2) is 25.7 Å². The van der Waals surface area contributed by atoms with Gasteiger partial charge in [-0.05, 0) is 23.8 Å². The van der Waals surface area contributed by atoms with Gasteiger partial charge < -0.3 is 0 Å². The third-order valence-corrected chi connectivity index (χ3v) is 4.08. The second-order valence-corrected chi connectivity index (χ2v) is 6.41. The molecule has 0 aromatic rings. The molecule has 1 fully saturated rings. The van der Waals surface area contributed by atoms with Crippen LogP contribution in [0.5, 0.6) is 0 Å². The Morgan fingerprint density at radius 3 is 2.40 bits per heavy atom. The Morgan fingerprint density at radius 2 is 2.10 bits per heavy atom. The summed E-state index contributed by atoms with van der Waals surface area (Å²) in [6.45, 7) is 0. The highest BCUT2D eigenvalue weighted by molar-refractivity contribution is 8.13. The molecule has 0 aliphatic carbocycles. The number of rotatable bonds is 3. The highest BCUT2D eigenvalue weighted by atomic mass is 35.7. The van der Waals surface area contributed by atoms with Crippen molar-refractivity contribution in [1.82, 2.24) is 0 Å². The SMILES string of the molecule is O=S(=O)(Cl)CCC1CSC1.